The highest BCUT2D eigenvalue weighted by Crippen LogP contribution is 2.21. The molecule has 0 spiro atoms. The van der Waals surface area contributed by atoms with Crippen molar-refractivity contribution in [2.45, 2.75) is 6.42 Å². The SMILES string of the molecule is C=CCOc1ccc(Br)cc1/C=N\NC(=O)C(=O)NCCCOC. The molecule has 1 aromatic carbocycles. The number of ether oxygens (including phenoxy) is 2. The van der Waals surface area contributed by atoms with Crippen LogP contribution >= 0.6 is 15.9 Å². The van der Waals surface area contributed by atoms with Crippen molar-refractivity contribution in [1.82, 2.24) is 10.7 Å². The van der Waals surface area contributed by atoms with E-state index in [4.69, 9.17) is 9.47 Å². The maximum Gasteiger partial charge on any atom is 0.329 e. The minimum absolute atomic E-state index is 0.346. The van der Waals surface area contributed by atoms with Crippen molar-refractivity contribution in [3.8, 4) is 5.75 Å². The molecule has 0 aromatic heterocycles. The number of nitrogens with zero attached hydrogens (tertiary/aromatic N) is 1. The summed E-state index contributed by atoms with van der Waals surface area (Å²) in [6, 6.07) is 5.36. The summed E-state index contributed by atoms with van der Waals surface area (Å²) in [5.74, 6) is -1.01. The summed E-state index contributed by atoms with van der Waals surface area (Å²) in [7, 11) is 1.57. The van der Waals surface area contributed by atoms with Crippen molar-refractivity contribution in [3.63, 3.8) is 0 Å². The van der Waals surface area contributed by atoms with Crippen molar-refractivity contribution in [2.24, 2.45) is 5.10 Å². The molecule has 7 nitrogen and oxygen atoms in total. The van der Waals surface area contributed by atoms with Crippen LogP contribution < -0.4 is 15.5 Å². The van der Waals surface area contributed by atoms with Crippen LogP contribution in [0.25, 0.3) is 0 Å². The van der Waals surface area contributed by atoms with Crippen LogP contribution in [0.1, 0.15) is 12.0 Å². The van der Waals surface area contributed by atoms with Gasteiger partial charge in [0.1, 0.15) is 12.4 Å². The Morgan fingerprint density at radius 3 is 2.88 bits per heavy atom. The van der Waals surface area contributed by atoms with E-state index in [9.17, 15) is 9.59 Å². The highest BCUT2D eigenvalue weighted by atomic mass is 79.9. The number of hydrazone groups is 1. The minimum atomic E-state index is -0.841. The smallest absolute Gasteiger partial charge is 0.329 e. The number of halogens is 1. The number of carbonyl (C=O) groups excluding carboxylic acids is 2. The number of carbonyl (C=O) groups is 2. The molecule has 1 rings (SSSR count). The van der Waals surface area contributed by atoms with Gasteiger partial charge < -0.3 is 14.8 Å². The lowest BCUT2D eigenvalue weighted by atomic mass is 10.2. The van der Waals surface area contributed by atoms with Gasteiger partial charge in [0.25, 0.3) is 0 Å². The molecule has 0 heterocycles. The first-order valence-corrected chi connectivity index (χ1v) is 8.01. The fourth-order valence-corrected chi connectivity index (χ4v) is 1.99. The van der Waals surface area contributed by atoms with Crippen molar-refractivity contribution in [3.05, 3.63) is 40.9 Å². The summed E-state index contributed by atoms with van der Waals surface area (Å²) < 4.78 is 11.2. The Bertz CT molecular complexity index is 605. The molecule has 0 fully saturated rings. The van der Waals surface area contributed by atoms with Crippen molar-refractivity contribution >= 4 is 34.0 Å². The van der Waals surface area contributed by atoms with Gasteiger partial charge in [-0.25, -0.2) is 5.43 Å². The zero-order valence-electron chi connectivity index (χ0n) is 13.4. The predicted octanol–water partition coefficient (Wildman–Crippen LogP) is 1.62. The second-order valence-corrected chi connectivity index (χ2v) is 5.50. The molecule has 2 amide bonds. The number of nitrogens with one attached hydrogen (secondary N) is 2. The molecule has 8 heteroatoms. The minimum Gasteiger partial charge on any atom is -0.489 e. The second-order valence-electron chi connectivity index (χ2n) is 4.58. The molecule has 0 bridgehead atoms. The fourth-order valence-electron chi connectivity index (χ4n) is 1.61. The van der Waals surface area contributed by atoms with Gasteiger partial charge in [-0.1, -0.05) is 28.6 Å². The average molecular weight is 398 g/mol. The summed E-state index contributed by atoms with van der Waals surface area (Å²) in [6.07, 6.45) is 3.65. The first-order chi connectivity index (χ1) is 11.6. The Kier molecular flexibility index (Phi) is 9.40. The molecule has 24 heavy (non-hydrogen) atoms. The van der Waals surface area contributed by atoms with Crippen LogP contribution in [-0.4, -0.2) is 44.9 Å². The Morgan fingerprint density at radius 2 is 2.17 bits per heavy atom. The van der Waals surface area contributed by atoms with Crippen LogP contribution in [0.3, 0.4) is 0 Å². The quantitative estimate of drug-likeness (QED) is 0.218. The zero-order chi connectivity index (χ0) is 17.8. The average Bonchev–Trinajstić information content (AvgIpc) is 2.57. The summed E-state index contributed by atoms with van der Waals surface area (Å²) >= 11 is 3.35. The first-order valence-electron chi connectivity index (χ1n) is 7.22. The van der Waals surface area contributed by atoms with Crippen molar-refractivity contribution < 1.29 is 19.1 Å². The van der Waals surface area contributed by atoms with Crippen LogP contribution in [0.4, 0.5) is 0 Å². The summed E-state index contributed by atoms with van der Waals surface area (Å²) in [4.78, 5) is 23.1. The molecule has 0 aliphatic carbocycles. The largest absolute Gasteiger partial charge is 0.489 e. The molecule has 0 atom stereocenters. The monoisotopic (exact) mass is 397 g/mol. The molecule has 1 aromatic rings. The van der Waals surface area contributed by atoms with Gasteiger partial charge in [-0.3, -0.25) is 9.59 Å². The molecule has 0 aliphatic heterocycles. The molecule has 130 valence electrons. The molecule has 0 saturated heterocycles. The lowest BCUT2D eigenvalue weighted by molar-refractivity contribution is -0.139. The molecule has 0 aliphatic rings. The van der Waals surface area contributed by atoms with E-state index in [1.165, 1.54) is 6.21 Å². The van der Waals surface area contributed by atoms with Crippen LogP contribution in [0.5, 0.6) is 5.75 Å². The molecule has 0 unspecified atom stereocenters. The van der Waals surface area contributed by atoms with E-state index in [0.717, 1.165) is 4.47 Å². The highest BCUT2D eigenvalue weighted by Gasteiger charge is 2.11. The number of benzene rings is 1. The van der Waals surface area contributed by atoms with E-state index in [-0.39, 0.29) is 0 Å². The number of rotatable bonds is 9. The normalized spacial score (nSPS) is 10.4. The predicted molar refractivity (Wildman–Crippen MR) is 95.1 cm³/mol. The number of hydrogen-bond donors (Lipinski definition) is 2. The third-order valence-electron chi connectivity index (χ3n) is 2.72. The standard InChI is InChI=1S/C16H20BrN3O4/c1-3-8-24-14-6-5-13(17)10-12(14)11-19-20-16(22)15(21)18-7-4-9-23-2/h3,5-6,10-11H,1,4,7-9H2,2H3,(H,18,21)(H,20,22)/b19-11-. The van der Waals surface area contributed by atoms with E-state index in [2.05, 4.69) is 38.4 Å². The molecule has 0 saturated carbocycles. The van der Waals surface area contributed by atoms with Gasteiger partial charge in [0.15, 0.2) is 0 Å². The van der Waals surface area contributed by atoms with Gasteiger partial charge in [-0.15, -0.1) is 0 Å². The Labute approximate surface area is 149 Å². The fraction of sp³-hybridized carbons (Fsp3) is 0.312. The second kappa shape index (κ2) is 11.4. The third-order valence-corrected chi connectivity index (χ3v) is 3.21. The summed E-state index contributed by atoms with van der Waals surface area (Å²) in [5.41, 5.74) is 2.82. The van der Waals surface area contributed by atoms with Crippen LogP contribution in [0.2, 0.25) is 0 Å². The molecule has 2 N–H and O–H groups in total. The van der Waals surface area contributed by atoms with Crippen molar-refractivity contribution in [1.29, 1.82) is 0 Å². The van der Waals surface area contributed by atoms with Gasteiger partial charge in [0.05, 0.1) is 6.21 Å². The third kappa shape index (κ3) is 7.38. The summed E-state index contributed by atoms with van der Waals surface area (Å²) in [6.45, 7) is 4.80. The van der Waals surface area contributed by atoms with Gasteiger partial charge in [-0.05, 0) is 24.6 Å². The van der Waals surface area contributed by atoms with Gasteiger partial charge in [-0.2, -0.15) is 5.10 Å². The maximum atomic E-state index is 11.6. The molecular formula is C16H20BrN3O4. The summed E-state index contributed by atoms with van der Waals surface area (Å²) in [5, 5.41) is 6.25. The zero-order valence-corrected chi connectivity index (χ0v) is 15.0. The Balaban J connectivity index is 2.56. The van der Waals surface area contributed by atoms with E-state index >= 15 is 0 Å². The van der Waals surface area contributed by atoms with Crippen LogP contribution in [0.15, 0.2) is 40.4 Å². The first kappa shape index (κ1) is 19.9. The van der Waals surface area contributed by atoms with Gasteiger partial charge in [0, 0.05) is 30.3 Å². The number of amides is 2. The van der Waals surface area contributed by atoms with Crippen LogP contribution in [0, 0.1) is 0 Å². The topological polar surface area (TPSA) is 89.0 Å². The van der Waals surface area contributed by atoms with E-state index in [1.54, 1.807) is 25.3 Å². The Hall–Kier alpha value is -2.19. The molecular weight excluding hydrogens is 378 g/mol. The van der Waals surface area contributed by atoms with E-state index < -0.39 is 11.8 Å². The Morgan fingerprint density at radius 1 is 1.38 bits per heavy atom. The lowest BCUT2D eigenvalue weighted by Crippen LogP contribution is -2.38. The van der Waals surface area contributed by atoms with Gasteiger partial charge in [0.2, 0.25) is 0 Å². The lowest BCUT2D eigenvalue weighted by Gasteiger charge is -2.07. The number of hydrogen-bond acceptors (Lipinski definition) is 5. The maximum absolute atomic E-state index is 11.6. The van der Waals surface area contributed by atoms with Crippen LogP contribution in [-0.2, 0) is 14.3 Å². The van der Waals surface area contributed by atoms with E-state index in [0.29, 0.717) is 37.5 Å². The number of methoxy groups -OCH3 is 1. The van der Waals surface area contributed by atoms with Crippen molar-refractivity contribution in [2.75, 3.05) is 26.9 Å². The molecule has 0 radical (unpaired) electrons. The van der Waals surface area contributed by atoms with Gasteiger partial charge >= 0.3 is 11.8 Å². The highest BCUT2D eigenvalue weighted by molar-refractivity contribution is 9.10. The van der Waals surface area contributed by atoms with E-state index in [1.807, 2.05) is 6.07 Å².